The van der Waals surface area contributed by atoms with Crippen LogP contribution in [0, 0.1) is 0 Å². The zero-order valence-corrected chi connectivity index (χ0v) is 9.69. The van der Waals surface area contributed by atoms with Crippen LogP contribution in [0.1, 0.15) is 37.3 Å². The van der Waals surface area contributed by atoms with Crippen molar-refractivity contribution in [3.8, 4) is 0 Å². The minimum atomic E-state index is -0.220. The average molecular weight is 226 g/mol. The van der Waals surface area contributed by atoms with Crippen molar-refractivity contribution < 1.29 is 9.53 Å². The van der Waals surface area contributed by atoms with Gasteiger partial charge in [-0.05, 0) is 26.7 Å². The Morgan fingerprint density at radius 3 is 3.00 bits per heavy atom. The lowest BCUT2D eigenvalue weighted by molar-refractivity contribution is 0.0754. The average Bonchev–Trinajstić information content (AvgIpc) is 2.75. The van der Waals surface area contributed by atoms with E-state index < -0.39 is 0 Å². The van der Waals surface area contributed by atoms with Crippen LogP contribution < -0.4 is 5.32 Å². The molecule has 1 heterocycles. The molecule has 0 aliphatic rings. The number of carbonyl (C=O) groups is 1. The molecule has 0 unspecified atom stereocenters. The summed E-state index contributed by atoms with van der Waals surface area (Å²) >= 11 is 0. The minimum absolute atomic E-state index is 0.220. The van der Waals surface area contributed by atoms with Crippen LogP contribution in [0.25, 0.3) is 0 Å². The van der Waals surface area contributed by atoms with Gasteiger partial charge in [-0.15, -0.1) is 0 Å². The second kappa shape index (κ2) is 6.95. The maximum absolute atomic E-state index is 11.4. The van der Waals surface area contributed by atoms with Crippen LogP contribution in [0.5, 0.6) is 0 Å². The minimum Gasteiger partial charge on any atom is -0.379 e. The highest BCUT2D eigenvalue weighted by Gasteiger charge is 2.06. The maximum atomic E-state index is 11.4. The standard InChI is InChI=1S/C10H18N4O2/c1-8(2)16-6-4-3-5-11-10(15)9-12-7-13-14-9/h7-8H,3-6H2,1-2H3,(H,11,15)(H,12,13,14). The van der Waals surface area contributed by atoms with Crippen LogP contribution in [0.3, 0.4) is 0 Å². The Bertz CT molecular complexity index is 298. The van der Waals surface area contributed by atoms with E-state index in [-0.39, 0.29) is 17.8 Å². The molecule has 0 fully saturated rings. The van der Waals surface area contributed by atoms with E-state index in [9.17, 15) is 4.79 Å². The second-order valence-corrected chi connectivity index (χ2v) is 3.72. The van der Waals surface area contributed by atoms with Gasteiger partial charge in [-0.1, -0.05) is 0 Å². The van der Waals surface area contributed by atoms with E-state index in [1.165, 1.54) is 6.33 Å². The fraction of sp³-hybridized carbons (Fsp3) is 0.700. The van der Waals surface area contributed by atoms with Gasteiger partial charge in [-0.25, -0.2) is 4.98 Å². The number of nitrogens with one attached hydrogen (secondary N) is 2. The third kappa shape index (κ3) is 4.88. The molecule has 0 atom stereocenters. The summed E-state index contributed by atoms with van der Waals surface area (Å²) in [5, 5.41) is 8.85. The van der Waals surface area contributed by atoms with Gasteiger partial charge in [-0.2, -0.15) is 5.10 Å². The highest BCUT2D eigenvalue weighted by molar-refractivity contribution is 5.90. The van der Waals surface area contributed by atoms with Gasteiger partial charge in [0.15, 0.2) is 0 Å². The van der Waals surface area contributed by atoms with Crippen molar-refractivity contribution in [2.75, 3.05) is 13.2 Å². The Kier molecular flexibility index (Phi) is 5.49. The summed E-state index contributed by atoms with van der Waals surface area (Å²) in [5.74, 6) is 0.0284. The lowest BCUT2D eigenvalue weighted by Crippen LogP contribution is -2.25. The number of unbranched alkanes of at least 4 members (excludes halogenated alkanes) is 1. The fourth-order valence-electron chi connectivity index (χ4n) is 1.15. The van der Waals surface area contributed by atoms with E-state index in [4.69, 9.17) is 4.74 Å². The van der Waals surface area contributed by atoms with E-state index in [1.807, 2.05) is 13.8 Å². The predicted molar refractivity (Wildman–Crippen MR) is 59.0 cm³/mol. The molecule has 0 bridgehead atoms. The molecule has 0 aliphatic heterocycles. The molecule has 0 saturated carbocycles. The molecule has 6 nitrogen and oxygen atoms in total. The largest absolute Gasteiger partial charge is 0.379 e. The van der Waals surface area contributed by atoms with Crippen molar-refractivity contribution in [2.45, 2.75) is 32.8 Å². The van der Waals surface area contributed by atoms with Gasteiger partial charge in [-0.3, -0.25) is 9.89 Å². The van der Waals surface area contributed by atoms with Crippen molar-refractivity contribution in [2.24, 2.45) is 0 Å². The molecule has 0 radical (unpaired) electrons. The van der Waals surface area contributed by atoms with E-state index in [0.29, 0.717) is 6.54 Å². The molecule has 2 N–H and O–H groups in total. The summed E-state index contributed by atoms with van der Waals surface area (Å²) in [5.41, 5.74) is 0. The van der Waals surface area contributed by atoms with Crippen LogP contribution in [-0.2, 0) is 4.74 Å². The molecule has 90 valence electrons. The summed E-state index contributed by atoms with van der Waals surface area (Å²) in [6, 6.07) is 0. The number of amides is 1. The summed E-state index contributed by atoms with van der Waals surface area (Å²) in [6.07, 6.45) is 3.41. The molecular formula is C10H18N4O2. The fourth-order valence-corrected chi connectivity index (χ4v) is 1.15. The molecule has 0 aromatic carbocycles. The Balaban J connectivity index is 2.01. The summed E-state index contributed by atoms with van der Waals surface area (Å²) in [6.45, 7) is 5.37. The molecule has 0 saturated heterocycles. The second-order valence-electron chi connectivity index (χ2n) is 3.72. The Morgan fingerprint density at radius 1 is 1.56 bits per heavy atom. The third-order valence-corrected chi connectivity index (χ3v) is 1.94. The van der Waals surface area contributed by atoms with Crippen molar-refractivity contribution in [1.82, 2.24) is 20.5 Å². The van der Waals surface area contributed by atoms with Crippen LogP contribution in [0.2, 0.25) is 0 Å². The first-order valence-corrected chi connectivity index (χ1v) is 5.45. The van der Waals surface area contributed by atoms with E-state index in [0.717, 1.165) is 19.4 Å². The number of nitrogens with zero attached hydrogens (tertiary/aromatic N) is 2. The topological polar surface area (TPSA) is 79.9 Å². The number of hydrogen-bond donors (Lipinski definition) is 2. The van der Waals surface area contributed by atoms with Gasteiger partial charge >= 0.3 is 0 Å². The number of carbonyl (C=O) groups excluding carboxylic acids is 1. The van der Waals surface area contributed by atoms with Crippen molar-refractivity contribution in [3.63, 3.8) is 0 Å². The van der Waals surface area contributed by atoms with E-state index in [2.05, 4.69) is 20.5 Å². The quantitative estimate of drug-likeness (QED) is 0.672. The monoisotopic (exact) mass is 226 g/mol. The first-order valence-electron chi connectivity index (χ1n) is 5.45. The Hall–Kier alpha value is -1.43. The molecule has 0 aliphatic carbocycles. The summed E-state index contributed by atoms with van der Waals surface area (Å²) in [4.78, 5) is 15.1. The number of ether oxygens (including phenoxy) is 1. The van der Waals surface area contributed by atoms with Gasteiger partial charge in [0.05, 0.1) is 6.10 Å². The summed E-state index contributed by atoms with van der Waals surface area (Å²) < 4.78 is 5.38. The van der Waals surface area contributed by atoms with E-state index >= 15 is 0 Å². The summed E-state index contributed by atoms with van der Waals surface area (Å²) in [7, 11) is 0. The third-order valence-electron chi connectivity index (χ3n) is 1.94. The zero-order valence-electron chi connectivity index (χ0n) is 9.69. The number of H-pyrrole nitrogens is 1. The highest BCUT2D eigenvalue weighted by Crippen LogP contribution is 1.94. The van der Waals surface area contributed by atoms with Crippen molar-refractivity contribution in [1.29, 1.82) is 0 Å². The first-order chi connectivity index (χ1) is 7.70. The van der Waals surface area contributed by atoms with Crippen molar-refractivity contribution in [3.05, 3.63) is 12.2 Å². The molecule has 1 aromatic heterocycles. The molecule has 6 heteroatoms. The molecular weight excluding hydrogens is 208 g/mol. The van der Waals surface area contributed by atoms with Crippen LogP contribution in [-0.4, -0.2) is 40.3 Å². The first kappa shape index (κ1) is 12.6. The molecule has 1 aromatic rings. The Labute approximate surface area is 94.8 Å². The van der Waals surface area contributed by atoms with Gasteiger partial charge in [0.2, 0.25) is 5.82 Å². The lowest BCUT2D eigenvalue weighted by Gasteiger charge is -2.07. The number of rotatable bonds is 7. The number of hydrogen-bond acceptors (Lipinski definition) is 4. The molecule has 1 amide bonds. The lowest BCUT2D eigenvalue weighted by atomic mass is 10.3. The normalized spacial score (nSPS) is 10.7. The van der Waals surface area contributed by atoms with Gasteiger partial charge in [0.25, 0.3) is 5.91 Å². The van der Waals surface area contributed by atoms with Gasteiger partial charge in [0, 0.05) is 13.2 Å². The van der Waals surface area contributed by atoms with Gasteiger partial charge < -0.3 is 10.1 Å². The number of aromatic amines is 1. The van der Waals surface area contributed by atoms with Gasteiger partial charge in [0.1, 0.15) is 6.33 Å². The zero-order chi connectivity index (χ0) is 11.8. The SMILES string of the molecule is CC(C)OCCCCNC(=O)c1ncn[nH]1. The van der Waals surface area contributed by atoms with Crippen molar-refractivity contribution >= 4 is 5.91 Å². The smallest absolute Gasteiger partial charge is 0.288 e. The van der Waals surface area contributed by atoms with Crippen LogP contribution in [0.15, 0.2) is 6.33 Å². The Morgan fingerprint density at radius 2 is 2.38 bits per heavy atom. The number of aromatic nitrogens is 3. The molecule has 16 heavy (non-hydrogen) atoms. The van der Waals surface area contributed by atoms with Crippen LogP contribution in [0.4, 0.5) is 0 Å². The molecule has 0 spiro atoms. The highest BCUT2D eigenvalue weighted by atomic mass is 16.5. The predicted octanol–water partition coefficient (Wildman–Crippen LogP) is 0.740. The molecule has 1 rings (SSSR count). The van der Waals surface area contributed by atoms with Crippen LogP contribution >= 0.6 is 0 Å². The van der Waals surface area contributed by atoms with E-state index in [1.54, 1.807) is 0 Å². The maximum Gasteiger partial charge on any atom is 0.288 e.